The van der Waals surface area contributed by atoms with Crippen molar-refractivity contribution in [2.75, 3.05) is 0 Å². The molecule has 5 nitrogen and oxygen atoms in total. The molecular weight excluding hydrogens is 320 g/mol. The summed E-state index contributed by atoms with van der Waals surface area (Å²) in [4.78, 5) is 15.3. The number of H-pyrrole nitrogens is 1. The number of aromatic nitrogens is 1. The highest BCUT2D eigenvalue weighted by Gasteiger charge is 2.27. The highest BCUT2D eigenvalue weighted by atomic mass is 32.1. The van der Waals surface area contributed by atoms with Crippen LogP contribution in [0.5, 0.6) is 0 Å². The van der Waals surface area contributed by atoms with Gasteiger partial charge in [-0.1, -0.05) is 44.9 Å². The van der Waals surface area contributed by atoms with E-state index in [0.29, 0.717) is 28.7 Å². The number of para-hydroxylation sites is 1. The Morgan fingerprint density at radius 3 is 2.79 bits per heavy atom. The van der Waals surface area contributed by atoms with Crippen LogP contribution in [0.3, 0.4) is 0 Å². The molecule has 1 aliphatic carbocycles. The third kappa shape index (κ3) is 3.70. The molecule has 1 saturated carbocycles. The van der Waals surface area contributed by atoms with Crippen molar-refractivity contribution in [3.8, 4) is 0 Å². The average molecular weight is 344 g/mol. The van der Waals surface area contributed by atoms with Gasteiger partial charge < -0.3 is 10.3 Å². The van der Waals surface area contributed by atoms with Crippen LogP contribution in [0.1, 0.15) is 43.6 Å². The van der Waals surface area contributed by atoms with Crippen LogP contribution in [0.2, 0.25) is 0 Å². The molecule has 1 aliphatic rings. The van der Waals surface area contributed by atoms with Gasteiger partial charge in [-0.25, -0.2) is 0 Å². The molecule has 0 radical (unpaired) electrons. The van der Waals surface area contributed by atoms with Crippen LogP contribution in [0, 0.1) is 11.8 Å². The average Bonchev–Trinajstić information content (AvgIpc) is 3.01. The van der Waals surface area contributed by atoms with Gasteiger partial charge in [0.05, 0.1) is 0 Å². The zero-order valence-electron chi connectivity index (χ0n) is 14.1. The number of aromatic amines is 1. The molecule has 128 valence electrons. The summed E-state index contributed by atoms with van der Waals surface area (Å²) in [5.41, 5.74) is 6.90. The van der Waals surface area contributed by atoms with Crippen LogP contribution in [0.15, 0.2) is 30.3 Å². The fourth-order valence-electron chi connectivity index (χ4n) is 3.37. The second kappa shape index (κ2) is 7.21. The molecule has 1 fully saturated rings. The first-order chi connectivity index (χ1) is 11.5. The van der Waals surface area contributed by atoms with Crippen molar-refractivity contribution in [1.82, 2.24) is 21.2 Å². The Kier molecular flexibility index (Phi) is 5.04. The number of fused-ring (bicyclic) bond motifs is 1. The third-order valence-electron chi connectivity index (χ3n) is 5.09. The van der Waals surface area contributed by atoms with E-state index in [-0.39, 0.29) is 5.91 Å². The Balaban J connectivity index is 1.53. The van der Waals surface area contributed by atoms with Gasteiger partial charge in [-0.3, -0.25) is 15.6 Å². The van der Waals surface area contributed by atoms with E-state index in [1.54, 1.807) is 0 Å². The van der Waals surface area contributed by atoms with Crippen LogP contribution >= 0.6 is 12.2 Å². The van der Waals surface area contributed by atoms with Gasteiger partial charge >= 0.3 is 0 Å². The zero-order chi connectivity index (χ0) is 17.1. The lowest BCUT2D eigenvalue weighted by Gasteiger charge is -2.35. The molecule has 2 aromatic rings. The molecule has 0 saturated heterocycles. The van der Waals surface area contributed by atoms with Crippen molar-refractivity contribution < 1.29 is 4.79 Å². The summed E-state index contributed by atoms with van der Waals surface area (Å²) in [6, 6.07) is 9.98. The summed E-state index contributed by atoms with van der Waals surface area (Å²) in [5, 5.41) is 4.80. The molecule has 3 rings (SSSR count). The van der Waals surface area contributed by atoms with Crippen LogP contribution in [-0.2, 0) is 0 Å². The number of hydrazine groups is 1. The minimum atomic E-state index is -0.236. The highest BCUT2D eigenvalue weighted by molar-refractivity contribution is 7.80. The van der Waals surface area contributed by atoms with E-state index >= 15 is 0 Å². The van der Waals surface area contributed by atoms with Crippen LogP contribution in [0.25, 0.3) is 10.9 Å². The lowest BCUT2D eigenvalue weighted by atomic mass is 9.78. The molecule has 0 spiro atoms. The topological polar surface area (TPSA) is 68.9 Å². The van der Waals surface area contributed by atoms with E-state index < -0.39 is 0 Å². The maximum absolute atomic E-state index is 12.2. The van der Waals surface area contributed by atoms with E-state index in [1.807, 2.05) is 30.3 Å². The molecule has 0 aliphatic heterocycles. The molecule has 0 bridgehead atoms. The Labute approximate surface area is 147 Å². The standard InChI is InChI=1S/C18H24N4OS/c1-11-6-5-9-14(12(11)2)20-18(24)22-21-17(23)16-10-13-7-3-4-8-15(13)19-16/h3-4,7-8,10-12,14,19H,5-6,9H2,1-2H3,(H,21,23)(H2,20,22,24)/t11-,12-,14+/m1/s1. The number of carbonyl (C=O) groups is 1. The Hall–Kier alpha value is -2.08. The normalized spacial score (nSPS) is 23.7. The number of hydrogen-bond acceptors (Lipinski definition) is 2. The number of carbonyl (C=O) groups excluding carboxylic acids is 1. The van der Waals surface area contributed by atoms with Gasteiger partial charge in [0.15, 0.2) is 5.11 Å². The molecule has 1 aromatic carbocycles. The number of nitrogens with one attached hydrogen (secondary N) is 4. The van der Waals surface area contributed by atoms with Gasteiger partial charge in [0.2, 0.25) is 0 Å². The molecule has 4 N–H and O–H groups in total. The first-order valence-electron chi connectivity index (χ1n) is 8.49. The maximum Gasteiger partial charge on any atom is 0.286 e. The minimum absolute atomic E-state index is 0.236. The van der Waals surface area contributed by atoms with Crippen LogP contribution in [0.4, 0.5) is 0 Å². The quantitative estimate of drug-likeness (QED) is 0.499. The van der Waals surface area contributed by atoms with Gasteiger partial charge in [-0.15, -0.1) is 0 Å². The van der Waals surface area contributed by atoms with Gasteiger partial charge in [0.1, 0.15) is 5.69 Å². The van der Waals surface area contributed by atoms with Gasteiger partial charge in [-0.05, 0) is 42.6 Å². The fourth-order valence-corrected chi connectivity index (χ4v) is 3.57. The fraction of sp³-hybridized carbons (Fsp3) is 0.444. The Morgan fingerprint density at radius 2 is 2.00 bits per heavy atom. The Bertz CT molecular complexity index is 708. The van der Waals surface area contributed by atoms with E-state index in [2.05, 4.69) is 35.0 Å². The van der Waals surface area contributed by atoms with Crippen molar-refractivity contribution in [3.63, 3.8) is 0 Å². The van der Waals surface area contributed by atoms with Crippen LogP contribution < -0.4 is 16.2 Å². The molecule has 1 aromatic heterocycles. The minimum Gasteiger partial charge on any atom is -0.358 e. The van der Waals surface area contributed by atoms with Crippen molar-refractivity contribution in [2.45, 2.75) is 39.2 Å². The van der Waals surface area contributed by atoms with E-state index in [0.717, 1.165) is 17.3 Å². The van der Waals surface area contributed by atoms with E-state index in [4.69, 9.17) is 12.2 Å². The lowest BCUT2D eigenvalue weighted by molar-refractivity contribution is 0.0939. The monoisotopic (exact) mass is 344 g/mol. The molecule has 1 amide bonds. The zero-order valence-corrected chi connectivity index (χ0v) is 14.9. The first kappa shape index (κ1) is 16.8. The lowest BCUT2D eigenvalue weighted by Crippen LogP contribution is -2.52. The summed E-state index contributed by atoms with van der Waals surface area (Å²) in [5.74, 6) is 1.03. The second-order valence-corrected chi connectivity index (χ2v) is 7.10. The summed E-state index contributed by atoms with van der Waals surface area (Å²) < 4.78 is 0. The summed E-state index contributed by atoms with van der Waals surface area (Å²) in [7, 11) is 0. The van der Waals surface area contributed by atoms with Crippen molar-refractivity contribution >= 4 is 34.1 Å². The highest BCUT2D eigenvalue weighted by Crippen LogP contribution is 2.29. The van der Waals surface area contributed by atoms with Crippen molar-refractivity contribution in [2.24, 2.45) is 11.8 Å². The molecule has 6 heteroatoms. The molecule has 0 unspecified atom stereocenters. The van der Waals surface area contributed by atoms with Crippen LogP contribution in [-0.4, -0.2) is 22.0 Å². The summed E-state index contributed by atoms with van der Waals surface area (Å²) >= 11 is 5.31. The summed E-state index contributed by atoms with van der Waals surface area (Å²) in [6.45, 7) is 4.54. The number of thiocarbonyl (C=S) groups is 1. The third-order valence-corrected chi connectivity index (χ3v) is 5.31. The molecule has 1 heterocycles. The molecule has 3 atom stereocenters. The van der Waals surface area contributed by atoms with E-state index in [1.165, 1.54) is 12.8 Å². The van der Waals surface area contributed by atoms with Gasteiger partial charge in [0, 0.05) is 16.9 Å². The number of rotatable bonds is 2. The molecule has 24 heavy (non-hydrogen) atoms. The largest absolute Gasteiger partial charge is 0.358 e. The number of benzene rings is 1. The summed E-state index contributed by atoms with van der Waals surface area (Å²) in [6.07, 6.45) is 3.60. The second-order valence-electron chi connectivity index (χ2n) is 6.70. The van der Waals surface area contributed by atoms with E-state index in [9.17, 15) is 4.79 Å². The number of hydrogen-bond donors (Lipinski definition) is 4. The Morgan fingerprint density at radius 1 is 1.21 bits per heavy atom. The number of amides is 1. The predicted octanol–water partition coefficient (Wildman–Crippen LogP) is 3.10. The van der Waals surface area contributed by atoms with Gasteiger partial charge in [-0.2, -0.15) is 0 Å². The smallest absolute Gasteiger partial charge is 0.286 e. The van der Waals surface area contributed by atoms with Crippen molar-refractivity contribution in [1.29, 1.82) is 0 Å². The first-order valence-corrected chi connectivity index (χ1v) is 8.90. The molecular formula is C18H24N4OS. The van der Waals surface area contributed by atoms with Crippen molar-refractivity contribution in [3.05, 3.63) is 36.0 Å². The maximum atomic E-state index is 12.2. The SMILES string of the molecule is C[C@@H]1[C@H](C)CCC[C@@H]1NC(=S)NNC(=O)c1cc2ccccc2[nH]1. The predicted molar refractivity (Wildman–Crippen MR) is 101 cm³/mol. The van der Waals surface area contributed by atoms with Gasteiger partial charge in [0.25, 0.3) is 5.91 Å².